The maximum absolute atomic E-state index is 13.6. The van der Waals surface area contributed by atoms with Crippen LogP contribution < -0.4 is 15.4 Å². The van der Waals surface area contributed by atoms with E-state index in [1.54, 1.807) is 24.3 Å². The molecule has 2 amide bonds. The van der Waals surface area contributed by atoms with Crippen LogP contribution in [0, 0.1) is 5.92 Å². The SMILES string of the molecule is COc1ccc(CCC(=O)N(CC(F)F)C(C(=O)NCC2CCNCC2)c2cccc(C(F)F)c2)cc1. The Hall–Kier alpha value is -3.14. The molecule has 2 aromatic rings. The third-order valence-corrected chi connectivity index (χ3v) is 6.50. The molecule has 2 N–H and O–H groups in total. The number of amides is 2. The molecule has 1 saturated heterocycles. The lowest BCUT2D eigenvalue weighted by molar-refractivity contribution is -0.143. The molecule has 0 bridgehead atoms. The second kappa shape index (κ2) is 14.0. The van der Waals surface area contributed by atoms with Crippen molar-refractivity contribution >= 4 is 11.8 Å². The number of methoxy groups -OCH3 is 1. The van der Waals surface area contributed by atoms with E-state index in [4.69, 9.17) is 4.74 Å². The maximum atomic E-state index is 13.6. The maximum Gasteiger partial charge on any atom is 0.263 e. The molecule has 202 valence electrons. The summed E-state index contributed by atoms with van der Waals surface area (Å²) < 4.78 is 59.3. The highest BCUT2D eigenvalue weighted by Crippen LogP contribution is 2.28. The van der Waals surface area contributed by atoms with E-state index in [1.165, 1.54) is 25.3 Å². The number of carbonyl (C=O) groups excluding carboxylic acids is 2. The molecule has 3 rings (SSSR count). The Morgan fingerprint density at radius 3 is 2.35 bits per heavy atom. The molecule has 1 heterocycles. The number of hydrogen-bond acceptors (Lipinski definition) is 4. The highest BCUT2D eigenvalue weighted by molar-refractivity contribution is 5.89. The van der Waals surface area contributed by atoms with Gasteiger partial charge < -0.3 is 20.3 Å². The van der Waals surface area contributed by atoms with Gasteiger partial charge in [0, 0.05) is 18.5 Å². The second-order valence-electron chi connectivity index (χ2n) is 9.10. The first-order chi connectivity index (χ1) is 17.8. The van der Waals surface area contributed by atoms with Gasteiger partial charge in [-0.3, -0.25) is 9.59 Å². The van der Waals surface area contributed by atoms with Gasteiger partial charge in [0.2, 0.25) is 11.8 Å². The van der Waals surface area contributed by atoms with Crippen molar-refractivity contribution in [3.63, 3.8) is 0 Å². The van der Waals surface area contributed by atoms with E-state index in [9.17, 15) is 27.2 Å². The number of hydrogen-bond donors (Lipinski definition) is 2. The molecular formula is C27H33F4N3O3. The molecule has 0 aliphatic carbocycles. The lowest BCUT2D eigenvalue weighted by Gasteiger charge is -2.32. The van der Waals surface area contributed by atoms with Crippen molar-refractivity contribution in [3.8, 4) is 5.75 Å². The van der Waals surface area contributed by atoms with E-state index in [2.05, 4.69) is 10.6 Å². The number of benzene rings is 2. The zero-order valence-corrected chi connectivity index (χ0v) is 20.8. The number of rotatable bonds is 12. The molecule has 0 aromatic heterocycles. The zero-order chi connectivity index (χ0) is 26.8. The van der Waals surface area contributed by atoms with Gasteiger partial charge in [0.1, 0.15) is 11.8 Å². The summed E-state index contributed by atoms with van der Waals surface area (Å²) in [6.45, 7) is 0.934. The van der Waals surface area contributed by atoms with Crippen molar-refractivity contribution in [1.29, 1.82) is 0 Å². The molecule has 1 aliphatic heterocycles. The summed E-state index contributed by atoms with van der Waals surface area (Å²) >= 11 is 0. The highest BCUT2D eigenvalue weighted by Gasteiger charge is 2.34. The molecule has 1 fully saturated rings. The number of alkyl halides is 4. The number of aryl methyl sites for hydroxylation is 1. The first kappa shape index (κ1) is 28.4. The largest absolute Gasteiger partial charge is 0.497 e. The predicted octanol–water partition coefficient (Wildman–Crippen LogP) is 4.52. The molecule has 37 heavy (non-hydrogen) atoms. The van der Waals surface area contributed by atoms with E-state index in [0.717, 1.165) is 42.5 Å². The van der Waals surface area contributed by atoms with Crippen LogP contribution in [0.1, 0.15) is 48.4 Å². The topological polar surface area (TPSA) is 70.7 Å². The van der Waals surface area contributed by atoms with Crippen molar-refractivity contribution in [3.05, 3.63) is 65.2 Å². The third kappa shape index (κ3) is 8.45. The minimum atomic E-state index is -2.91. The van der Waals surface area contributed by atoms with Crippen molar-refractivity contribution in [2.24, 2.45) is 5.92 Å². The molecule has 1 unspecified atom stereocenters. The van der Waals surface area contributed by atoms with Crippen molar-refractivity contribution in [1.82, 2.24) is 15.5 Å². The van der Waals surface area contributed by atoms with Crippen LogP contribution in [0.25, 0.3) is 0 Å². The standard InChI is InChI=1S/C27H33F4N3O3/c1-37-22-8-5-18(6-9-22)7-10-24(35)34(17-23(28)29)25(20-3-2-4-21(15-20)26(30)31)27(36)33-16-19-11-13-32-14-12-19/h2-6,8-9,15,19,23,25-26,32H,7,10-14,16-17H2,1H3,(H,33,36). The molecule has 6 nitrogen and oxygen atoms in total. The second-order valence-corrected chi connectivity index (χ2v) is 9.10. The van der Waals surface area contributed by atoms with Gasteiger partial charge in [-0.2, -0.15) is 0 Å². The smallest absolute Gasteiger partial charge is 0.263 e. The lowest BCUT2D eigenvalue weighted by atomic mass is 9.97. The zero-order valence-electron chi connectivity index (χ0n) is 20.8. The minimum absolute atomic E-state index is 0.0686. The first-order valence-corrected chi connectivity index (χ1v) is 12.4. The van der Waals surface area contributed by atoms with Gasteiger partial charge in [-0.05, 0) is 67.6 Å². The summed E-state index contributed by atoms with van der Waals surface area (Å²) in [7, 11) is 1.53. The molecule has 1 atom stereocenters. The van der Waals surface area contributed by atoms with E-state index in [0.29, 0.717) is 12.3 Å². The van der Waals surface area contributed by atoms with Crippen LogP contribution in [-0.2, 0) is 16.0 Å². The molecule has 0 spiro atoms. The quantitative estimate of drug-likeness (QED) is 0.402. The number of nitrogens with zero attached hydrogens (tertiary/aromatic N) is 1. The first-order valence-electron chi connectivity index (χ1n) is 12.4. The monoisotopic (exact) mass is 523 g/mol. The van der Waals surface area contributed by atoms with Gasteiger partial charge in [0.15, 0.2) is 0 Å². The Morgan fingerprint density at radius 1 is 1.05 bits per heavy atom. The summed E-state index contributed by atoms with van der Waals surface area (Å²) in [5.74, 6) is -0.490. The van der Waals surface area contributed by atoms with Crippen LogP contribution in [-0.4, -0.2) is 56.4 Å². The number of piperidine rings is 1. The summed E-state index contributed by atoms with van der Waals surface area (Å²) in [6.07, 6.45) is -3.93. The van der Waals surface area contributed by atoms with Gasteiger partial charge in [-0.1, -0.05) is 30.3 Å². The van der Waals surface area contributed by atoms with Crippen molar-refractivity contribution < 1.29 is 31.9 Å². The minimum Gasteiger partial charge on any atom is -0.497 e. The third-order valence-electron chi connectivity index (χ3n) is 6.50. The van der Waals surface area contributed by atoms with E-state index in [1.807, 2.05) is 0 Å². The summed E-state index contributed by atoms with van der Waals surface area (Å²) in [5, 5.41) is 6.02. The van der Waals surface area contributed by atoms with Crippen LogP contribution in [0.4, 0.5) is 17.6 Å². The van der Waals surface area contributed by atoms with Crippen molar-refractivity contribution in [2.75, 3.05) is 33.3 Å². The van der Waals surface area contributed by atoms with E-state index >= 15 is 0 Å². The Morgan fingerprint density at radius 2 is 1.73 bits per heavy atom. The molecule has 10 heteroatoms. The normalized spacial score (nSPS) is 15.0. The van der Waals surface area contributed by atoms with Crippen LogP contribution in [0.2, 0.25) is 0 Å². The number of halogens is 4. The van der Waals surface area contributed by atoms with Crippen LogP contribution in [0.15, 0.2) is 48.5 Å². The molecule has 0 radical (unpaired) electrons. The average molecular weight is 524 g/mol. The number of ether oxygens (including phenoxy) is 1. The average Bonchev–Trinajstić information content (AvgIpc) is 2.91. The lowest BCUT2D eigenvalue weighted by Crippen LogP contribution is -2.47. The molecule has 2 aromatic carbocycles. The summed E-state index contributed by atoms with van der Waals surface area (Å²) in [4.78, 5) is 27.4. The van der Waals surface area contributed by atoms with Gasteiger partial charge in [0.05, 0.1) is 13.7 Å². The fourth-order valence-corrected chi connectivity index (χ4v) is 4.45. The molecule has 1 aliphatic rings. The number of carbonyl (C=O) groups is 2. The van der Waals surface area contributed by atoms with Gasteiger partial charge in [-0.25, -0.2) is 17.6 Å². The van der Waals surface area contributed by atoms with Crippen LogP contribution >= 0.6 is 0 Å². The Bertz CT molecular complexity index is 1010. The van der Waals surface area contributed by atoms with Gasteiger partial charge in [0.25, 0.3) is 12.9 Å². The molecule has 0 saturated carbocycles. The Labute approximate surface area is 214 Å². The van der Waals surface area contributed by atoms with E-state index < -0.39 is 37.3 Å². The fourth-order valence-electron chi connectivity index (χ4n) is 4.45. The summed E-state index contributed by atoms with van der Waals surface area (Å²) in [6, 6.07) is 10.6. The van der Waals surface area contributed by atoms with Gasteiger partial charge in [-0.15, -0.1) is 0 Å². The summed E-state index contributed by atoms with van der Waals surface area (Å²) in [5.41, 5.74) is 0.508. The van der Waals surface area contributed by atoms with E-state index in [-0.39, 0.29) is 29.9 Å². The Balaban J connectivity index is 1.85. The van der Waals surface area contributed by atoms with Crippen molar-refractivity contribution in [2.45, 2.75) is 44.6 Å². The van der Waals surface area contributed by atoms with Gasteiger partial charge >= 0.3 is 0 Å². The fraction of sp³-hybridized carbons (Fsp3) is 0.481. The predicted molar refractivity (Wildman–Crippen MR) is 132 cm³/mol. The molecular weight excluding hydrogens is 490 g/mol. The van der Waals surface area contributed by atoms with Crippen LogP contribution in [0.5, 0.6) is 5.75 Å². The Kier molecular flexibility index (Phi) is 10.7. The highest BCUT2D eigenvalue weighted by atomic mass is 19.3. The number of nitrogens with one attached hydrogen (secondary N) is 2. The van der Waals surface area contributed by atoms with Crippen LogP contribution in [0.3, 0.4) is 0 Å².